The van der Waals surface area contributed by atoms with Crippen molar-refractivity contribution in [1.29, 1.82) is 0 Å². The Balaban J connectivity index is 3.79. The summed E-state index contributed by atoms with van der Waals surface area (Å²) in [6, 6.07) is 0. The Morgan fingerprint density at radius 3 is 2.00 bits per heavy atom. The quantitative estimate of drug-likeness (QED) is 0.386. The molecule has 0 atom stereocenters. The smallest absolute Gasteiger partial charge is 0.145 e. The van der Waals surface area contributed by atoms with E-state index in [1.165, 1.54) is 0 Å². The van der Waals surface area contributed by atoms with Gasteiger partial charge in [-0.25, -0.2) is 0 Å². The number of hydrogen-bond donors (Lipinski definition) is 1. The molecule has 0 aliphatic carbocycles. The van der Waals surface area contributed by atoms with Crippen molar-refractivity contribution in [2.24, 2.45) is 0 Å². The van der Waals surface area contributed by atoms with Gasteiger partial charge in [-0.3, -0.25) is 0 Å². The first-order chi connectivity index (χ1) is 5.18. The van der Waals surface area contributed by atoms with E-state index in [4.69, 9.17) is 9.47 Å². The molecule has 0 aliphatic heterocycles. The summed E-state index contributed by atoms with van der Waals surface area (Å²) >= 11 is 4.11. The third-order valence-corrected chi connectivity index (χ3v) is 1.96. The highest BCUT2D eigenvalue weighted by molar-refractivity contribution is 7.80. The van der Waals surface area contributed by atoms with Crippen LogP contribution < -0.4 is 0 Å². The van der Waals surface area contributed by atoms with E-state index in [9.17, 15) is 0 Å². The molecule has 0 bridgehead atoms. The van der Waals surface area contributed by atoms with E-state index < -0.39 is 5.41 Å². The predicted molar refractivity (Wildman–Crippen MR) is 50.2 cm³/mol. The maximum atomic E-state index is 5.35. The van der Waals surface area contributed by atoms with Crippen LogP contribution in [0, 0.1) is 0 Å². The lowest BCUT2D eigenvalue weighted by atomic mass is 10.4. The number of thiol groups is 1. The second-order valence-corrected chi connectivity index (χ2v) is 3.30. The molecular weight excluding hydrogens is 176 g/mol. The molecule has 0 rings (SSSR count). The molecule has 0 saturated carbocycles. The molecule has 3 radical (unpaired) electrons. The molecule has 0 aromatic carbocycles. The highest BCUT2D eigenvalue weighted by Crippen LogP contribution is 2.13. The fraction of sp³-hybridized carbons (Fsp3) is 1.00. The summed E-state index contributed by atoms with van der Waals surface area (Å²) < 4.78 is 10.7. The Morgan fingerprint density at radius 2 is 1.73 bits per heavy atom. The van der Waals surface area contributed by atoms with Gasteiger partial charge in [0.05, 0.1) is 0 Å². The fourth-order valence-corrected chi connectivity index (χ4v) is 1.72. The molecular formula is C7H15O2SSi. The zero-order chi connectivity index (χ0) is 8.74. The number of hydrogen-bond acceptors (Lipinski definition) is 3. The maximum absolute atomic E-state index is 5.35. The van der Waals surface area contributed by atoms with E-state index in [1.54, 1.807) is 0 Å². The zero-order valence-corrected chi connectivity index (χ0v) is 8.99. The Kier molecular flexibility index (Phi) is 6.32. The van der Waals surface area contributed by atoms with Gasteiger partial charge in [-0.2, -0.15) is 12.6 Å². The van der Waals surface area contributed by atoms with Crippen molar-refractivity contribution in [3.63, 3.8) is 0 Å². The lowest BCUT2D eigenvalue weighted by Gasteiger charge is -2.28. The molecule has 0 spiro atoms. The van der Waals surface area contributed by atoms with Gasteiger partial charge in [0.25, 0.3) is 0 Å². The van der Waals surface area contributed by atoms with E-state index in [0.717, 1.165) is 12.2 Å². The van der Waals surface area contributed by atoms with Crippen molar-refractivity contribution < 1.29 is 9.47 Å². The zero-order valence-electron chi connectivity index (χ0n) is 7.09. The lowest BCUT2D eigenvalue weighted by molar-refractivity contribution is -0.173. The minimum Gasteiger partial charge on any atom is -0.355 e. The van der Waals surface area contributed by atoms with Crippen LogP contribution in [0.2, 0.25) is 0 Å². The van der Waals surface area contributed by atoms with Gasteiger partial charge in [0, 0.05) is 19.6 Å². The first-order valence-corrected chi connectivity index (χ1v) is 4.95. The largest absolute Gasteiger partial charge is 0.355 e. The van der Waals surface area contributed by atoms with Crippen LogP contribution in [0.5, 0.6) is 0 Å². The summed E-state index contributed by atoms with van der Waals surface area (Å²) in [5.41, 5.74) is -0.620. The van der Waals surface area contributed by atoms with Crippen LogP contribution in [-0.4, -0.2) is 34.6 Å². The monoisotopic (exact) mass is 191 g/mol. The summed E-state index contributed by atoms with van der Waals surface area (Å²) in [7, 11) is 3.43. The number of rotatable bonds is 6. The van der Waals surface area contributed by atoms with Crippen LogP contribution in [0.1, 0.15) is 20.3 Å². The van der Waals surface area contributed by atoms with E-state index in [1.807, 2.05) is 13.8 Å². The SMILES string of the molecule is CCOC([Si])(CCS)OCC. The molecule has 65 valence electrons. The molecule has 0 heterocycles. The lowest BCUT2D eigenvalue weighted by Crippen LogP contribution is -2.37. The fourth-order valence-electron chi connectivity index (χ4n) is 0.800. The third-order valence-electron chi connectivity index (χ3n) is 1.20. The molecule has 0 saturated heterocycles. The minimum atomic E-state index is -0.620. The third kappa shape index (κ3) is 4.84. The maximum Gasteiger partial charge on any atom is 0.145 e. The Morgan fingerprint density at radius 1 is 1.27 bits per heavy atom. The minimum absolute atomic E-state index is 0.620. The predicted octanol–water partition coefficient (Wildman–Crippen LogP) is 1.20. The molecule has 0 unspecified atom stereocenters. The highest BCUT2D eigenvalue weighted by atomic mass is 32.1. The average Bonchev–Trinajstić information content (AvgIpc) is 1.88. The molecule has 0 fully saturated rings. The topological polar surface area (TPSA) is 18.5 Å². The molecule has 0 aromatic rings. The van der Waals surface area contributed by atoms with Crippen molar-refractivity contribution in [3.8, 4) is 0 Å². The Hall–Kier alpha value is 0.487. The summed E-state index contributed by atoms with van der Waals surface area (Å²) in [5, 5.41) is 0. The Labute approximate surface area is 77.5 Å². The van der Waals surface area contributed by atoms with Gasteiger partial charge < -0.3 is 9.47 Å². The van der Waals surface area contributed by atoms with Crippen LogP contribution in [0.25, 0.3) is 0 Å². The first-order valence-electron chi connectivity index (χ1n) is 3.82. The van der Waals surface area contributed by atoms with Gasteiger partial charge >= 0.3 is 0 Å². The van der Waals surface area contributed by atoms with E-state index >= 15 is 0 Å². The second kappa shape index (κ2) is 6.05. The van der Waals surface area contributed by atoms with Gasteiger partial charge in [0.15, 0.2) is 0 Å². The van der Waals surface area contributed by atoms with Crippen LogP contribution >= 0.6 is 12.6 Å². The molecule has 11 heavy (non-hydrogen) atoms. The molecule has 0 aromatic heterocycles. The first kappa shape index (κ1) is 11.5. The molecule has 0 amide bonds. The number of ether oxygens (including phenoxy) is 2. The van der Waals surface area contributed by atoms with Crippen molar-refractivity contribution in [1.82, 2.24) is 0 Å². The van der Waals surface area contributed by atoms with Crippen LogP contribution in [0.3, 0.4) is 0 Å². The summed E-state index contributed by atoms with van der Waals surface area (Å²) in [6.07, 6.45) is 0.745. The summed E-state index contributed by atoms with van der Waals surface area (Å²) in [4.78, 5) is 0. The van der Waals surface area contributed by atoms with Crippen molar-refractivity contribution in [2.45, 2.75) is 25.7 Å². The van der Waals surface area contributed by atoms with Gasteiger partial charge in [0.1, 0.15) is 15.7 Å². The van der Waals surface area contributed by atoms with Gasteiger partial charge in [-0.05, 0) is 19.6 Å². The highest BCUT2D eigenvalue weighted by Gasteiger charge is 2.23. The molecule has 0 N–H and O–H groups in total. The molecule has 2 nitrogen and oxygen atoms in total. The van der Waals surface area contributed by atoms with Gasteiger partial charge in [-0.1, -0.05) is 0 Å². The molecule has 4 heteroatoms. The summed E-state index contributed by atoms with van der Waals surface area (Å²) in [5.74, 6) is 0.740. The van der Waals surface area contributed by atoms with E-state index in [-0.39, 0.29) is 0 Å². The Bertz CT molecular complexity index is 83.4. The van der Waals surface area contributed by atoms with Crippen LogP contribution in [-0.2, 0) is 9.47 Å². The van der Waals surface area contributed by atoms with Crippen LogP contribution in [0.4, 0.5) is 0 Å². The normalized spacial score (nSPS) is 12.0. The average molecular weight is 191 g/mol. The van der Waals surface area contributed by atoms with Crippen molar-refractivity contribution in [2.75, 3.05) is 19.0 Å². The summed E-state index contributed by atoms with van der Waals surface area (Å²) in [6.45, 7) is 5.15. The van der Waals surface area contributed by atoms with Crippen molar-refractivity contribution in [3.05, 3.63) is 0 Å². The molecule has 0 aliphatic rings. The van der Waals surface area contributed by atoms with Crippen LogP contribution in [0.15, 0.2) is 0 Å². The van der Waals surface area contributed by atoms with E-state index in [0.29, 0.717) is 13.2 Å². The second-order valence-electron chi connectivity index (χ2n) is 2.09. The van der Waals surface area contributed by atoms with Gasteiger partial charge in [-0.15, -0.1) is 0 Å². The van der Waals surface area contributed by atoms with Crippen molar-refractivity contribution >= 4 is 22.9 Å². The van der Waals surface area contributed by atoms with Gasteiger partial charge in [0.2, 0.25) is 0 Å². The standard InChI is InChI=1S/C7H15O2SSi/c1-3-8-7(11,5-6-10)9-4-2/h10H,3-6H2,1-2H3. The van der Waals surface area contributed by atoms with E-state index in [2.05, 4.69) is 22.9 Å².